The fourth-order valence-electron chi connectivity index (χ4n) is 9.90. The van der Waals surface area contributed by atoms with Gasteiger partial charge in [-0.25, -0.2) is 0 Å². The van der Waals surface area contributed by atoms with E-state index in [1.54, 1.807) is 14.2 Å². The van der Waals surface area contributed by atoms with Crippen LogP contribution in [0.3, 0.4) is 0 Å². The third-order valence-corrected chi connectivity index (χ3v) is 13.1. The molecule has 7 heteroatoms. The number of nitrogens with zero attached hydrogens (tertiary/aromatic N) is 3. The van der Waals surface area contributed by atoms with Crippen LogP contribution >= 0.6 is 0 Å². The monoisotopic (exact) mass is 792 g/mol. The highest BCUT2D eigenvalue weighted by molar-refractivity contribution is 5.91. The molecule has 0 bridgehead atoms. The molecule has 310 valence electrons. The molecule has 7 rings (SSSR count). The number of benzene rings is 5. The highest BCUT2D eigenvalue weighted by atomic mass is 16.5. The van der Waals surface area contributed by atoms with Gasteiger partial charge in [0.05, 0.1) is 19.8 Å². The number of hydrogen-bond acceptors (Lipinski definition) is 6. The first-order valence-corrected chi connectivity index (χ1v) is 21.9. The SMILES string of the molecule is COc1cccc(OC)c1CN1CCC(N(CCCCCCCN2CC[C@@H](C(C(N)=O)(c3ccccc3)c3ccccc3)C2)Cc2ccc(-c3ccccc3)cc2)CC1. The summed E-state index contributed by atoms with van der Waals surface area (Å²) in [6.07, 6.45) is 9.38. The molecule has 2 aliphatic rings. The molecule has 2 heterocycles. The van der Waals surface area contributed by atoms with Gasteiger partial charge in [0.25, 0.3) is 0 Å². The second-order valence-corrected chi connectivity index (χ2v) is 16.6. The summed E-state index contributed by atoms with van der Waals surface area (Å²) in [4.78, 5) is 21.4. The average Bonchev–Trinajstić information content (AvgIpc) is 3.76. The number of hydrogen-bond donors (Lipinski definition) is 1. The van der Waals surface area contributed by atoms with E-state index in [1.165, 1.54) is 48.8 Å². The van der Waals surface area contributed by atoms with E-state index in [0.29, 0.717) is 6.04 Å². The summed E-state index contributed by atoms with van der Waals surface area (Å²) in [6, 6.07) is 46.9. The number of nitrogens with two attached hydrogens (primary N) is 1. The Labute approximate surface area is 353 Å². The standard InChI is InChI=1S/C52H64N4O3/c1-58-49-24-17-25-50(59-2)48(49)40-55-36-31-47(32-37-55)56(38-41-26-28-43(29-27-41)42-18-9-6-10-19-42)34-16-5-3-4-15-33-54-35-30-46(39-54)52(51(53)57,44-20-11-7-12-21-44)45-22-13-8-14-23-45/h6-14,17-29,46-47H,3-5,15-16,30-40H2,1-2H3,(H2,53,57)/t46-/m1/s1. The van der Waals surface area contributed by atoms with Crippen molar-refractivity contribution in [1.82, 2.24) is 14.7 Å². The van der Waals surface area contributed by atoms with Gasteiger partial charge in [-0.3, -0.25) is 14.6 Å². The Morgan fingerprint density at radius 2 is 1.19 bits per heavy atom. The van der Waals surface area contributed by atoms with E-state index in [4.69, 9.17) is 15.2 Å². The number of rotatable bonds is 20. The van der Waals surface area contributed by atoms with Crippen LogP contribution in [-0.4, -0.2) is 80.1 Å². The molecule has 0 unspecified atom stereocenters. The number of ether oxygens (including phenoxy) is 2. The van der Waals surface area contributed by atoms with Crippen molar-refractivity contribution in [1.29, 1.82) is 0 Å². The Balaban J connectivity index is 0.916. The van der Waals surface area contributed by atoms with E-state index in [-0.39, 0.29) is 11.8 Å². The molecule has 2 aliphatic heterocycles. The Kier molecular flexibility index (Phi) is 14.9. The van der Waals surface area contributed by atoms with Crippen LogP contribution in [0.25, 0.3) is 11.1 Å². The van der Waals surface area contributed by atoms with Gasteiger partial charge in [0.15, 0.2) is 0 Å². The molecule has 2 N–H and O–H groups in total. The van der Waals surface area contributed by atoms with Gasteiger partial charge in [-0.15, -0.1) is 0 Å². The van der Waals surface area contributed by atoms with Gasteiger partial charge < -0.3 is 20.1 Å². The summed E-state index contributed by atoms with van der Waals surface area (Å²) >= 11 is 0. The first-order valence-electron chi connectivity index (χ1n) is 21.9. The molecule has 0 aromatic heterocycles. The predicted octanol–water partition coefficient (Wildman–Crippen LogP) is 9.58. The number of primary amides is 1. The van der Waals surface area contributed by atoms with Crippen molar-refractivity contribution in [3.63, 3.8) is 0 Å². The van der Waals surface area contributed by atoms with Gasteiger partial charge in [0, 0.05) is 25.7 Å². The predicted molar refractivity (Wildman–Crippen MR) is 241 cm³/mol. The molecule has 59 heavy (non-hydrogen) atoms. The molecule has 1 atom stereocenters. The summed E-state index contributed by atoms with van der Waals surface area (Å²) < 4.78 is 11.4. The van der Waals surface area contributed by atoms with Gasteiger partial charge in [-0.2, -0.15) is 0 Å². The minimum atomic E-state index is -0.827. The largest absolute Gasteiger partial charge is 0.496 e. The zero-order valence-corrected chi connectivity index (χ0v) is 35.3. The van der Waals surface area contributed by atoms with E-state index in [1.807, 2.05) is 54.6 Å². The maximum atomic E-state index is 13.5. The maximum absolute atomic E-state index is 13.5. The minimum absolute atomic E-state index is 0.140. The van der Waals surface area contributed by atoms with Crippen molar-refractivity contribution in [3.05, 3.63) is 156 Å². The lowest BCUT2D eigenvalue weighted by Gasteiger charge is -2.39. The molecule has 0 spiro atoms. The molecule has 1 amide bonds. The zero-order chi connectivity index (χ0) is 40.9. The summed E-state index contributed by atoms with van der Waals surface area (Å²) in [5.41, 5.74) is 12.6. The van der Waals surface area contributed by atoms with Crippen LogP contribution in [0.2, 0.25) is 0 Å². The lowest BCUT2D eigenvalue weighted by molar-refractivity contribution is -0.123. The molecule has 0 saturated carbocycles. The number of likely N-dealkylation sites (tertiary alicyclic amines) is 2. The summed E-state index contributed by atoms with van der Waals surface area (Å²) in [6.45, 7) is 8.02. The van der Waals surface area contributed by atoms with Crippen molar-refractivity contribution in [2.24, 2.45) is 11.7 Å². The smallest absolute Gasteiger partial charge is 0.232 e. The average molecular weight is 793 g/mol. The van der Waals surface area contributed by atoms with Crippen molar-refractivity contribution in [2.75, 3.05) is 53.5 Å². The summed E-state index contributed by atoms with van der Waals surface area (Å²) in [5.74, 6) is 1.68. The van der Waals surface area contributed by atoms with Gasteiger partial charge in [0.2, 0.25) is 5.91 Å². The Hall–Kier alpha value is -4.95. The molecule has 7 nitrogen and oxygen atoms in total. The Morgan fingerprint density at radius 3 is 1.78 bits per heavy atom. The molecule has 0 aliphatic carbocycles. The number of methoxy groups -OCH3 is 2. The van der Waals surface area contributed by atoms with E-state index < -0.39 is 5.41 Å². The fraction of sp³-hybridized carbons (Fsp3) is 0.404. The Morgan fingerprint density at radius 1 is 0.644 bits per heavy atom. The maximum Gasteiger partial charge on any atom is 0.232 e. The van der Waals surface area contributed by atoms with Crippen molar-refractivity contribution in [2.45, 2.75) is 75.9 Å². The summed E-state index contributed by atoms with van der Waals surface area (Å²) in [7, 11) is 3.49. The number of amides is 1. The highest BCUT2D eigenvalue weighted by Gasteiger charge is 2.49. The lowest BCUT2D eigenvalue weighted by Crippen LogP contribution is -2.49. The van der Waals surface area contributed by atoms with Crippen LogP contribution in [-0.2, 0) is 23.3 Å². The van der Waals surface area contributed by atoms with Crippen LogP contribution in [0.15, 0.2) is 133 Å². The highest BCUT2D eigenvalue weighted by Crippen LogP contribution is 2.43. The molecule has 5 aromatic rings. The van der Waals surface area contributed by atoms with Gasteiger partial charge in [-0.1, -0.05) is 141 Å². The zero-order valence-electron chi connectivity index (χ0n) is 35.3. The normalized spacial score (nSPS) is 16.7. The van der Waals surface area contributed by atoms with Crippen LogP contribution in [0, 0.1) is 5.92 Å². The number of unbranched alkanes of at least 4 members (excludes halogenated alkanes) is 4. The Bertz CT molecular complexity index is 1950. The topological polar surface area (TPSA) is 71.3 Å². The van der Waals surface area contributed by atoms with E-state index >= 15 is 0 Å². The van der Waals surface area contributed by atoms with Crippen molar-refractivity contribution in [3.8, 4) is 22.6 Å². The first kappa shape index (κ1) is 42.2. The third-order valence-electron chi connectivity index (χ3n) is 13.1. The van der Waals surface area contributed by atoms with Crippen molar-refractivity contribution < 1.29 is 14.3 Å². The molecular weight excluding hydrogens is 729 g/mol. The lowest BCUT2D eigenvalue weighted by atomic mass is 9.64. The number of carbonyl (C=O) groups excluding carboxylic acids is 1. The second-order valence-electron chi connectivity index (χ2n) is 16.6. The molecule has 2 fully saturated rings. The molecule has 0 radical (unpaired) electrons. The van der Waals surface area contributed by atoms with Gasteiger partial charge in [0.1, 0.15) is 16.9 Å². The molecule has 2 saturated heterocycles. The first-order chi connectivity index (χ1) is 29.0. The fourth-order valence-corrected chi connectivity index (χ4v) is 9.90. The van der Waals surface area contributed by atoms with Crippen LogP contribution in [0.4, 0.5) is 0 Å². The van der Waals surface area contributed by atoms with E-state index in [9.17, 15) is 4.79 Å². The van der Waals surface area contributed by atoms with Crippen LogP contribution in [0.1, 0.15) is 73.6 Å². The molecule has 5 aromatic carbocycles. The van der Waals surface area contributed by atoms with Gasteiger partial charge in [-0.05, 0) is 111 Å². The number of piperidine rings is 1. The van der Waals surface area contributed by atoms with Gasteiger partial charge >= 0.3 is 0 Å². The summed E-state index contributed by atoms with van der Waals surface area (Å²) in [5, 5.41) is 0. The minimum Gasteiger partial charge on any atom is -0.496 e. The quantitative estimate of drug-likeness (QED) is 0.0793. The second kappa shape index (κ2) is 20.8. The molecular formula is C52H64N4O3. The van der Waals surface area contributed by atoms with Crippen LogP contribution < -0.4 is 15.2 Å². The third kappa shape index (κ3) is 10.3. The van der Waals surface area contributed by atoms with E-state index in [2.05, 4.69) is 93.6 Å². The van der Waals surface area contributed by atoms with Crippen molar-refractivity contribution >= 4 is 5.91 Å². The number of carbonyl (C=O) groups is 1. The van der Waals surface area contributed by atoms with Crippen LogP contribution in [0.5, 0.6) is 11.5 Å². The van der Waals surface area contributed by atoms with E-state index in [0.717, 1.165) is 99.8 Å².